The van der Waals surface area contributed by atoms with E-state index in [0.717, 1.165) is 33.3 Å². The van der Waals surface area contributed by atoms with Crippen LogP contribution in [0, 0.1) is 0 Å². The molecular formula is C15H12BrClN2. The third-order valence-electron chi connectivity index (χ3n) is 3.15. The summed E-state index contributed by atoms with van der Waals surface area (Å²) in [5, 5.41) is 0.702. The van der Waals surface area contributed by atoms with Crippen molar-refractivity contribution in [3.8, 4) is 11.4 Å². The molecule has 0 bridgehead atoms. The lowest BCUT2D eigenvalue weighted by molar-refractivity contribution is 1.14. The van der Waals surface area contributed by atoms with Crippen LogP contribution in [0.5, 0.6) is 0 Å². The number of fused-ring (bicyclic) bond motifs is 1. The summed E-state index contributed by atoms with van der Waals surface area (Å²) >= 11 is 9.45. The number of imidazole rings is 1. The molecule has 0 saturated heterocycles. The van der Waals surface area contributed by atoms with E-state index >= 15 is 0 Å². The first kappa shape index (κ1) is 12.7. The van der Waals surface area contributed by atoms with Crippen LogP contribution in [-0.2, 0) is 6.42 Å². The summed E-state index contributed by atoms with van der Waals surface area (Å²) in [4.78, 5) is 7.97. The zero-order chi connectivity index (χ0) is 13.4. The average molecular weight is 336 g/mol. The van der Waals surface area contributed by atoms with E-state index in [-0.39, 0.29) is 0 Å². The summed E-state index contributed by atoms with van der Waals surface area (Å²) < 4.78 is 0.876. The first-order valence-corrected chi connectivity index (χ1v) is 7.28. The minimum absolute atomic E-state index is 0.702. The summed E-state index contributed by atoms with van der Waals surface area (Å²) in [6.07, 6.45) is 1.02. The number of hydrogen-bond acceptors (Lipinski definition) is 1. The lowest BCUT2D eigenvalue weighted by atomic mass is 10.1. The molecule has 0 aliphatic heterocycles. The second-order valence-corrected chi connectivity index (χ2v) is 5.68. The molecule has 3 aromatic rings. The predicted molar refractivity (Wildman–Crippen MR) is 83.6 cm³/mol. The largest absolute Gasteiger partial charge is 0.338 e. The SMILES string of the molecule is CCc1ccc2nc(-c3ccc(Cl)c(Br)c3)[nH]c2c1. The molecule has 0 amide bonds. The molecule has 3 rings (SSSR count). The molecule has 0 fully saturated rings. The summed E-state index contributed by atoms with van der Waals surface area (Å²) in [5.41, 5.74) is 4.38. The van der Waals surface area contributed by atoms with Gasteiger partial charge >= 0.3 is 0 Å². The number of hydrogen-bond donors (Lipinski definition) is 1. The van der Waals surface area contributed by atoms with Gasteiger partial charge in [-0.1, -0.05) is 24.6 Å². The van der Waals surface area contributed by atoms with Gasteiger partial charge in [0.1, 0.15) is 5.82 Å². The molecule has 2 aromatic carbocycles. The van der Waals surface area contributed by atoms with Gasteiger partial charge in [-0.05, 0) is 58.2 Å². The van der Waals surface area contributed by atoms with Gasteiger partial charge in [0.2, 0.25) is 0 Å². The highest BCUT2D eigenvalue weighted by atomic mass is 79.9. The molecule has 0 atom stereocenters. The number of aromatic nitrogens is 2. The number of H-pyrrole nitrogens is 1. The van der Waals surface area contributed by atoms with E-state index in [9.17, 15) is 0 Å². The van der Waals surface area contributed by atoms with Crippen molar-refractivity contribution in [1.82, 2.24) is 9.97 Å². The summed E-state index contributed by atoms with van der Waals surface area (Å²) in [6.45, 7) is 2.15. The molecule has 0 aliphatic rings. The number of rotatable bonds is 2. The maximum absolute atomic E-state index is 6.01. The minimum atomic E-state index is 0.702. The van der Waals surface area contributed by atoms with Crippen molar-refractivity contribution in [2.75, 3.05) is 0 Å². The Morgan fingerprint density at radius 1 is 1.21 bits per heavy atom. The Balaban J connectivity index is 2.11. The van der Waals surface area contributed by atoms with E-state index < -0.39 is 0 Å². The Labute approximate surface area is 124 Å². The Hall–Kier alpha value is -1.32. The number of benzene rings is 2. The second kappa shape index (κ2) is 4.99. The molecule has 0 aliphatic carbocycles. The summed E-state index contributed by atoms with van der Waals surface area (Å²) in [7, 11) is 0. The second-order valence-electron chi connectivity index (χ2n) is 4.42. The maximum atomic E-state index is 6.01. The van der Waals surface area contributed by atoms with E-state index in [1.54, 1.807) is 0 Å². The third kappa shape index (κ3) is 2.40. The Morgan fingerprint density at radius 2 is 2.05 bits per heavy atom. The molecule has 0 unspecified atom stereocenters. The van der Waals surface area contributed by atoms with Gasteiger partial charge in [0.25, 0.3) is 0 Å². The highest BCUT2D eigenvalue weighted by Gasteiger charge is 2.07. The summed E-state index contributed by atoms with van der Waals surface area (Å²) in [6, 6.07) is 12.1. The van der Waals surface area contributed by atoms with Gasteiger partial charge in [-0.3, -0.25) is 0 Å². The van der Waals surface area contributed by atoms with Gasteiger partial charge in [-0.2, -0.15) is 0 Å². The van der Waals surface area contributed by atoms with Crippen LogP contribution >= 0.6 is 27.5 Å². The van der Waals surface area contributed by atoms with Crippen molar-refractivity contribution >= 4 is 38.6 Å². The zero-order valence-corrected chi connectivity index (χ0v) is 12.7. The molecule has 19 heavy (non-hydrogen) atoms. The number of nitrogens with one attached hydrogen (secondary N) is 1. The van der Waals surface area contributed by atoms with E-state index in [1.165, 1.54) is 5.56 Å². The molecule has 0 saturated carbocycles. The molecule has 4 heteroatoms. The zero-order valence-electron chi connectivity index (χ0n) is 10.4. The van der Waals surface area contributed by atoms with Gasteiger partial charge in [0.05, 0.1) is 16.1 Å². The van der Waals surface area contributed by atoms with Crippen molar-refractivity contribution in [3.05, 3.63) is 51.5 Å². The van der Waals surface area contributed by atoms with E-state index in [2.05, 4.69) is 51.0 Å². The Morgan fingerprint density at radius 3 is 2.79 bits per heavy atom. The van der Waals surface area contributed by atoms with Crippen molar-refractivity contribution in [2.45, 2.75) is 13.3 Å². The lowest BCUT2D eigenvalue weighted by Gasteiger charge is -1.99. The van der Waals surface area contributed by atoms with E-state index in [0.29, 0.717) is 5.02 Å². The maximum Gasteiger partial charge on any atom is 0.138 e. The van der Waals surface area contributed by atoms with Crippen molar-refractivity contribution in [2.24, 2.45) is 0 Å². The van der Waals surface area contributed by atoms with Crippen LogP contribution < -0.4 is 0 Å². The quantitative estimate of drug-likeness (QED) is 0.684. The molecule has 96 valence electrons. The van der Waals surface area contributed by atoms with Crippen LogP contribution in [0.2, 0.25) is 5.02 Å². The van der Waals surface area contributed by atoms with Gasteiger partial charge in [-0.25, -0.2) is 4.98 Å². The smallest absolute Gasteiger partial charge is 0.138 e. The van der Waals surface area contributed by atoms with Crippen molar-refractivity contribution < 1.29 is 0 Å². The molecule has 1 heterocycles. The van der Waals surface area contributed by atoms with Gasteiger partial charge in [-0.15, -0.1) is 0 Å². The van der Waals surface area contributed by atoms with Crippen LogP contribution in [-0.4, -0.2) is 9.97 Å². The van der Waals surface area contributed by atoms with Crippen LogP contribution in [0.4, 0.5) is 0 Å². The standard InChI is InChI=1S/C15H12BrClN2/c1-2-9-3-6-13-14(7-9)19-15(18-13)10-4-5-12(17)11(16)8-10/h3-8H,2H2,1H3,(H,18,19). The number of aromatic amines is 1. The number of halogens is 2. The minimum Gasteiger partial charge on any atom is -0.338 e. The third-order valence-corrected chi connectivity index (χ3v) is 4.36. The van der Waals surface area contributed by atoms with Crippen LogP contribution in [0.3, 0.4) is 0 Å². The van der Waals surface area contributed by atoms with Gasteiger partial charge in [0, 0.05) is 10.0 Å². The molecule has 0 radical (unpaired) electrons. The van der Waals surface area contributed by atoms with E-state index in [1.807, 2.05) is 18.2 Å². The number of nitrogens with zero attached hydrogens (tertiary/aromatic N) is 1. The molecule has 1 aromatic heterocycles. The van der Waals surface area contributed by atoms with E-state index in [4.69, 9.17) is 11.6 Å². The molecule has 1 N–H and O–H groups in total. The highest BCUT2D eigenvalue weighted by Crippen LogP contribution is 2.28. The van der Waals surface area contributed by atoms with Gasteiger partial charge in [0.15, 0.2) is 0 Å². The Kier molecular flexibility index (Phi) is 3.33. The number of aryl methyl sites for hydroxylation is 1. The lowest BCUT2D eigenvalue weighted by Crippen LogP contribution is -1.80. The van der Waals surface area contributed by atoms with Crippen molar-refractivity contribution in [1.29, 1.82) is 0 Å². The first-order valence-electron chi connectivity index (χ1n) is 6.11. The predicted octanol–water partition coefficient (Wildman–Crippen LogP) is 5.21. The first-order chi connectivity index (χ1) is 9.17. The fraction of sp³-hybridized carbons (Fsp3) is 0.133. The van der Waals surface area contributed by atoms with Crippen molar-refractivity contribution in [3.63, 3.8) is 0 Å². The summed E-state index contributed by atoms with van der Waals surface area (Å²) in [5.74, 6) is 0.862. The van der Waals surface area contributed by atoms with Crippen LogP contribution in [0.15, 0.2) is 40.9 Å². The monoisotopic (exact) mass is 334 g/mol. The fourth-order valence-corrected chi connectivity index (χ4v) is 2.55. The Bertz CT molecular complexity index is 749. The van der Waals surface area contributed by atoms with Gasteiger partial charge < -0.3 is 4.98 Å². The molecule has 0 spiro atoms. The van der Waals surface area contributed by atoms with Crippen LogP contribution in [0.1, 0.15) is 12.5 Å². The average Bonchev–Trinajstić information content (AvgIpc) is 2.84. The topological polar surface area (TPSA) is 28.7 Å². The molecule has 2 nitrogen and oxygen atoms in total. The highest BCUT2D eigenvalue weighted by molar-refractivity contribution is 9.10. The normalized spacial score (nSPS) is 11.1. The van der Waals surface area contributed by atoms with Crippen LogP contribution in [0.25, 0.3) is 22.4 Å². The molecular weight excluding hydrogens is 324 g/mol. The fourth-order valence-electron chi connectivity index (χ4n) is 2.06.